The molecule has 2 atom stereocenters. The van der Waals surface area contributed by atoms with Gasteiger partial charge in [0.2, 0.25) is 12.2 Å². The van der Waals surface area contributed by atoms with Crippen LogP contribution >= 0.6 is 0 Å². The van der Waals surface area contributed by atoms with E-state index in [1.807, 2.05) is 6.08 Å². The molecule has 1 heterocycles. The van der Waals surface area contributed by atoms with Gasteiger partial charge in [0.05, 0.1) is 6.54 Å². The summed E-state index contributed by atoms with van der Waals surface area (Å²) in [5, 5.41) is 10.5. The Balaban J connectivity index is 2.38. The van der Waals surface area contributed by atoms with Crippen molar-refractivity contribution in [3.05, 3.63) is 12.7 Å². The van der Waals surface area contributed by atoms with Crippen molar-refractivity contribution in [3.8, 4) is 0 Å². The van der Waals surface area contributed by atoms with E-state index in [0.29, 0.717) is 26.1 Å². The van der Waals surface area contributed by atoms with Gasteiger partial charge in [0.15, 0.2) is 6.54 Å². The Kier molecular flexibility index (Phi) is 24.4. The number of hydrogen-bond donors (Lipinski definition) is 3. The summed E-state index contributed by atoms with van der Waals surface area (Å²) in [6.07, 6.45) is 15.3. The number of isocyanates is 2. The number of aliphatic imine (C=N–C) groups is 1. The molecule has 2 unspecified atom stereocenters. The fourth-order valence-electron chi connectivity index (χ4n) is 4.16. The van der Waals surface area contributed by atoms with E-state index in [-0.39, 0.29) is 45.6 Å². The number of hydroxylamine groups is 2. The largest absolute Gasteiger partial charge is 0.447 e. The molecule has 0 aromatic rings. The summed E-state index contributed by atoms with van der Waals surface area (Å²) in [7, 11) is 0. The van der Waals surface area contributed by atoms with Crippen molar-refractivity contribution >= 4 is 18.3 Å². The van der Waals surface area contributed by atoms with Crippen LogP contribution in [-0.2, 0) is 33.8 Å². The summed E-state index contributed by atoms with van der Waals surface area (Å²) >= 11 is 0. The second-order valence-corrected chi connectivity index (χ2v) is 9.77. The Morgan fingerprint density at radius 3 is 2.69 bits per heavy atom. The predicted octanol–water partition coefficient (Wildman–Crippen LogP) is 3.16. The predicted molar refractivity (Wildman–Crippen MR) is 154 cm³/mol. The van der Waals surface area contributed by atoms with E-state index in [1.165, 1.54) is 5.23 Å². The average Bonchev–Trinajstić information content (AvgIpc) is 3.23. The average molecular weight is 600 g/mol. The summed E-state index contributed by atoms with van der Waals surface area (Å²) in [6.45, 7) is 8.06. The van der Waals surface area contributed by atoms with Crippen molar-refractivity contribution in [1.29, 1.82) is 0 Å². The zero-order valence-corrected chi connectivity index (χ0v) is 25.2. The van der Waals surface area contributed by atoms with Crippen LogP contribution < -0.4 is 16.0 Å². The highest BCUT2D eigenvalue weighted by molar-refractivity contribution is 5.66. The van der Waals surface area contributed by atoms with Crippen LogP contribution in [0, 0.1) is 0 Å². The third-order valence-corrected chi connectivity index (χ3v) is 6.42. The molecule has 0 aliphatic carbocycles. The quantitative estimate of drug-likeness (QED) is 0.0196. The van der Waals surface area contributed by atoms with E-state index in [9.17, 15) is 14.4 Å². The van der Waals surface area contributed by atoms with Crippen LogP contribution in [0.2, 0.25) is 0 Å². The molecule has 1 aliphatic rings. The Morgan fingerprint density at radius 1 is 1.07 bits per heavy atom. The molecular formula is C28H51N6O8+. The highest BCUT2D eigenvalue weighted by Crippen LogP contribution is 2.11. The summed E-state index contributed by atoms with van der Waals surface area (Å²) in [4.78, 5) is 58.9. The summed E-state index contributed by atoms with van der Waals surface area (Å²) in [5.41, 5.74) is 0. The van der Waals surface area contributed by atoms with Gasteiger partial charge in [0, 0.05) is 19.4 Å². The molecule has 1 fully saturated rings. The Bertz CT molecular complexity index is 807. The highest BCUT2D eigenvalue weighted by atomic mass is 17.2. The summed E-state index contributed by atoms with van der Waals surface area (Å²) < 4.78 is 6.65. The first kappa shape index (κ1) is 37.5. The fraction of sp³-hybridized carbons (Fsp3) is 0.821. The van der Waals surface area contributed by atoms with Crippen LogP contribution in [0.4, 0.5) is 4.79 Å². The molecule has 0 radical (unpaired) electrons. The van der Waals surface area contributed by atoms with Crippen molar-refractivity contribution in [2.75, 3.05) is 52.9 Å². The molecule has 0 bridgehead atoms. The van der Waals surface area contributed by atoms with Crippen LogP contribution in [0.15, 0.2) is 17.6 Å². The highest BCUT2D eigenvalue weighted by Gasteiger charge is 2.24. The van der Waals surface area contributed by atoms with Crippen LogP contribution in [0.3, 0.4) is 0 Å². The normalized spacial score (nSPS) is 15.9. The molecule has 0 aromatic carbocycles. The minimum atomic E-state index is -0.498. The molecule has 14 nitrogen and oxygen atoms in total. The monoisotopic (exact) mass is 599 g/mol. The standard InChI is InChI=1S/C28H50N6O8/c1-3-5-9-14-26(30-22-35)31-23-39-34(40-24-32-27-15-10-8-12-17-33(27)25-36)18-13-7-6-11-16-29-28(37)38-20-21-42-41-19-4-2/h4,26-27,31-32H,2-3,5-21,23-24H2,1H3/p+1. The van der Waals surface area contributed by atoms with Crippen LogP contribution in [0.1, 0.15) is 84.0 Å². The molecule has 3 N–H and O–H groups in total. The van der Waals surface area contributed by atoms with Gasteiger partial charge in [0.25, 0.3) is 0 Å². The molecule has 0 saturated carbocycles. The lowest BCUT2D eigenvalue weighted by Crippen LogP contribution is -2.43. The van der Waals surface area contributed by atoms with Gasteiger partial charge in [0.1, 0.15) is 39.4 Å². The first-order chi connectivity index (χ1) is 20.6. The van der Waals surface area contributed by atoms with Crippen molar-refractivity contribution in [2.24, 2.45) is 4.99 Å². The maximum atomic E-state index is 11.7. The van der Waals surface area contributed by atoms with E-state index in [1.54, 1.807) is 16.7 Å². The van der Waals surface area contributed by atoms with Gasteiger partial charge in [-0.2, -0.15) is 9.79 Å². The third-order valence-electron chi connectivity index (χ3n) is 6.42. The van der Waals surface area contributed by atoms with E-state index in [0.717, 1.165) is 70.6 Å². The van der Waals surface area contributed by atoms with Crippen LogP contribution in [0.25, 0.3) is 0 Å². The van der Waals surface area contributed by atoms with Gasteiger partial charge >= 0.3 is 12.2 Å². The number of nitrogens with one attached hydrogen (secondary N) is 3. The van der Waals surface area contributed by atoms with Crippen molar-refractivity contribution < 1.29 is 43.1 Å². The van der Waals surface area contributed by atoms with E-state index < -0.39 is 6.09 Å². The first-order valence-electron chi connectivity index (χ1n) is 15.1. The van der Waals surface area contributed by atoms with Gasteiger partial charge in [-0.15, -0.1) is 11.2 Å². The number of unbranched alkanes of at least 4 members (excludes halogenated alkanes) is 5. The van der Waals surface area contributed by atoms with Gasteiger partial charge in [-0.25, -0.2) is 24.7 Å². The van der Waals surface area contributed by atoms with Gasteiger partial charge in [-0.1, -0.05) is 43.9 Å². The molecule has 42 heavy (non-hydrogen) atoms. The molecule has 14 heteroatoms. The number of alkyl carbamates (subject to hydrolysis) is 1. The Hall–Kier alpha value is -2.51. The van der Waals surface area contributed by atoms with E-state index in [2.05, 4.69) is 34.4 Å². The molecule has 0 aromatic heterocycles. The van der Waals surface area contributed by atoms with Gasteiger partial charge in [-0.05, 0) is 38.5 Å². The second kappa shape index (κ2) is 27.3. The number of nitrogens with zero attached hydrogens (tertiary/aromatic N) is 3. The number of carbonyl (C=O) groups is 1. The molecule has 1 amide bonds. The summed E-state index contributed by atoms with van der Waals surface area (Å²) in [5.74, 6) is 0. The van der Waals surface area contributed by atoms with E-state index >= 15 is 0 Å². The Morgan fingerprint density at radius 2 is 1.90 bits per heavy atom. The fourth-order valence-corrected chi connectivity index (χ4v) is 4.16. The molecule has 0 spiro atoms. The van der Waals surface area contributed by atoms with Crippen molar-refractivity contribution in [1.82, 2.24) is 21.2 Å². The number of amides is 1. The zero-order chi connectivity index (χ0) is 30.5. The topological polar surface area (TPSA) is 152 Å². The second-order valence-electron chi connectivity index (χ2n) is 9.77. The third kappa shape index (κ3) is 20.4. The van der Waals surface area contributed by atoms with Gasteiger partial charge < -0.3 is 10.1 Å². The molecular weight excluding hydrogens is 548 g/mol. The van der Waals surface area contributed by atoms with Crippen molar-refractivity contribution in [2.45, 2.75) is 96.3 Å². The lowest BCUT2D eigenvalue weighted by Gasteiger charge is -2.23. The lowest BCUT2D eigenvalue weighted by atomic mass is 10.2. The molecule has 1 rings (SSSR count). The lowest BCUT2D eigenvalue weighted by molar-refractivity contribution is -0.570. The van der Waals surface area contributed by atoms with E-state index in [4.69, 9.17) is 24.2 Å². The molecule has 1 saturated heterocycles. The maximum absolute atomic E-state index is 11.7. The van der Waals surface area contributed by atoms with Crippen LogP contribution in [0.5, 0.6) is 0 Å². The number of hydrogen-bond acceptors (Lipinski definition) is 12. The first-order valence-corrected chi connectivity index (χ1v) is 15.1. The minimum absolute atomic E-state index is 0.0929. The minimum Gasteiger partial charge on any atom is -0.447 e. The zero-order valence-electron chi connectivity index (χ0n) is 25.2. The maximum Gasteiger partial charge on any atom is 0.425 e. The smallest absolute Gasteiger partial charge is 0.425 e. The van der Waals surface area contributed by atoms with Crippen molar-refractivity contribution in [3.63, 3.8) is 0 Å². The Labute approximate surface area is 249 Å². The van der Waals surface area contributed by atoms with Crippen LogP contribution in [-0.4, -0.2) is 93.3 Å². The number of carbonyl (C=O) groups excluding carboxylic acids is 3. The number of ether oxygens (including phenoxy) is 1. The molecule has 1 aliphatic heterocycles. The van der Waals surface area contributed by atoms with Gasteiger partial charge in [-0.3, -0.25) is 15.0 Å². The number of rotatable bonds is 26. The molecule has 240 valence electrons. The summed E-state index contributed by atoms with van der Waals surface area (Å²) in [6, 6.07) is 0. The SMILES string of the molecule is C=CCOOCCOC(=O)NCCCCCCN(OCNC(CCCCC)N=C=O)OCNC1CCCCC[N+]1=C=O.